The van der Waals surface area contributed by atoms with Crippen molar-refractivity contribution < 1.29 is 14.8 Å². The van der Waals surface area contributed by atoms with Gasteiger partial charge in [0.15, 0.2) is 6.23 Å². The molecule has 1 aromatic heterocycles. The van der Waals surface area contributed by atoms with Gasteiger partial charge in [-0.25, -0.2) is 4.98 Å². The molecule has 1 heterocycles. The van der Waals surface area contributed by atoms with Crippen LogP contribution in [-0.2, 0) is 5.41 Å². The van der Waals surface area contributed by atoms with E-state index in [4.69, 9.17) is 4.74 Å². The molecule has 0 spiro atoms. The first-order valence-corrected chi connectivity index (χ1v) is 9.20. The summed E-state index contributed by atoms with van der Waals surface area (Å²) in [4.78, 5) is 14.2. The molecule has 0 saturated carbocycles. The van der Waals surface area contributed by atoms with Gasteiger partial charge in [-0.05, 0) is 30.0 Å². The maximum atomic E-state index is 10.6. The Morgan fingerprint density at radius 2 is 1.93 bits per heavy atom. The van der Waals surface area contributed by atoms with Crippen LogP contribution in [0.5, 0.6) is 5.75 Å². The summed E-state index contributed by atoms with van der Waals surface area (Å²) < 4.78 is 6.05. The van der Waals surface area contributed by atoms with Crippen LogP contribution in [0.1, 0.15) is 33.3 Å². The number of anilines is 1. The lowest BCUT2D eigenvalue weighted by Gasteiger charge is -2.28. The predicted octanol–water partition coefficient (Wildman–Crippen LogP) is 3.07. The largest absolute Gasteiger partial charge is 0.472 e. The van der Waals surface area contributed by atoms with Gasteiger partial charge >= 0.3 is 0 Å². The molecule has 0 bridgehead atoms. The molecule has 1 aromatic carbocycles. The third-order valence-electron chi connectivity index (χ3n) is 4.12. The van der Waals surface area contributed by atoms with Gasteiger partial charge in [0.25, 0.3) is 5.69 Å². The highest BCUT2D eigenvalue weighted by Gasteiger charge is 2.22. The van der Waals surface area contributed by atoms with Crippen LogP contribution < -0.4 is 15.4 Å². The first-order valence-electron chi connectivity index (χ1n) is 9.20. The molecular formula is C20H28N4O4. The van der Waals surface area contributed by atoms with Crippen molar-refractivity contribution in [2.75, 3.05) is 18.4 Å². The molecule has 0 saturated heterocycles. The summed E-state index contributed by atoms with van der Waals surface area (Å²) in [5.41, 5.74) is 0.933. The molecule has 2 rings (SSSR count). The first-order chi connectivity index (χ1) is 13.2. The summed E-state index contributed by atoms with van der Waals surface area (Å²) in [6.45, 7) is 9.02. The fourth-order valence-electron chi connectivity index (χ4n) is 2.64. The van der Waals surface area contributed by atoms with Crippen LogP contribution in [0.15, 0.2) is 42.6 Å². The fourth-order valence-corrected chi connectivity index (χ4v) is 2.64. The Balaban J connectivity index is 1.91. The second-order valence-corrected chi connectivity index (χ2v) is 7.56. The number of para-hydroxylation sites is 1. The van der Waals surface area contributed by atoms with E-state index in [-0.39, 0.29) is 11.1 Å². The third-order valence-corrected chi connectivity index (χ3v) is 4.12. The molecule has 0 fully saturated rings. The van der Waals surface area contributed by atoms with E-state index >= 15 is 0 Å². The average Bonchev–Trinajstić information content (AvgIpc) is 2.64. The van der Waals surface area contributed by atoms with E-state index in [1.807, 2.05) is 24.3 Å². The highest BCUT2D eigenvalue weighted by atomic mass is 16.6. The Bertz CT molecular complexity index is 773. The van der Waals surface area contributed by atoms with E-state index in [1.165, 1.54) is 12.3 Å². The molecule has 2 aromatic rings. The number of nitrogens with zero attached hydrogens (tertiary/aromatic N) is 2. The number of benzene rings is 1. The summed E-state index contributed by atoms with van der Waals surface area (Å²) in [6.07, 6.45) is -0.0818. The van der Waals surface area contributed by atoms with E-state index in [2.05, 4.69) is 36.4 Å². The molecule has 0 radical (unpaired) electrons. The molecule has 0 aliphatic carbocycles. The second kappa shape index (κ2) is 9.48. The quantitative estimate of drug-likeness (QED) is 0.262. The number of nitrogens with one attached hydrogen (secondary N) is 2. The minimum absolute atomic E-state index is 0.0521. The van der Waals surface area contributed by atoms with Gasteiger partial charge in [0.2, 0.25) is 0 Å². The Morgan fingerprint density at radius 3 is 2.50 bits per heavy atom. The van der Waals surface area contributed by atoms with E-state index < -0.39 is 17.3 Å². The molecule has 2 atom stereocenters. The SMILES string of the molecule is CC(O)C(NCCNc1ccc([N+](=O)[O-])cn1)Oc1ccccc1C(C)(C)C. The number of nitro groups is 1. The van der Waals surface area contributed by atoms with Gasteiger partial charge < -0.3 is 15.2 Å². The van der Waals surface area contributed by atoms with Gasteiger partial charge in [0.05, 0.1) is 4.92 Å². The van der Waals surface area contributed by atoms with Crippen LogP contribution in [0, 0.1) is 10.1 Å². The topological polar surface area (TPSA) is 110 Å². The van der Waals surface area contributed by atoms with Gasteiger partial charge in [-0.15, -0.1) is 0 Å². The van der Waals surface area contributed by atoms with E-state index in [0.29, 0.717) is 18.9 Å². The van der Waals surface area contributed by atoms with Crippen molar-refractivity contribution in [3.63, 3.8) is 0 Å². The lowest BCUT2D eigenvalue weighted by atomic mass is 9.86. The zero-order valence-corrected chi connectivity index (χ0v) is 16.7. The standard InChI is InChI=1S/C20H28N4O4/c1-14(25)19(28-17-8-6-5-7-16(17)20(2,3)4)22-12-11-21-18-10-9-15(13-23-18)24(26)27/h5-10,13-14,19,22,25H,11-12H2,1-4H3,(H,21,23). The van der Waals surface area contributed by atoms with Crippen molar-refractivity contribution in [3.05, 3.63) is 58.3 Å². The van der Waals surface area contributed by atoms with Gasteiger partial charge in [0.1, 0.15) is 23.9 Å². The summed E-state index contributed by atoms with van der Waals surface area (Å²) in [5.74, 6) is 1.28. The Morgan fingerprint density at radius 1 is 1.21 bits per heavy atom. The Labute approximate surface area is 165 Å². The Kier molecular flexibility index (Phi) is 7.31. The smallest absolute Gasteiger partial charge is 0.287 e. The van der Waals surface area contributed by atoms with E-state index in [9.17, 15) is 15.2 Å². The molecular weight excluding hydrogens is 360 g/mol. The van der Waals surface area contributed by atoms with Gasteiger partial charge in [-0.1, -0.05) is 39.0 Å². The summed E-state index contributed by atoms with van der Waals surface area (Å²) in [6, 6.07) is 10.8. The van der Waals surface area contributed by atoms with Gasteiger partial charge in [0, 0.05) is 19.2 Å². The monoisotopic (exact) mass is 388 g/mol. The van der Waals surface area contributed by atoms with Gasteiger partial charge in [-0.3, -0.25) is 15.4 Å². The Hall–Kier alpha value is -2.71. The van der Waals surface area contributed by atoms with Crippen molar-refractivity contribution in [2.24, 2.45) is 0 Å². The number of ether oxygens (including phenoxy) is 1. The van der Waals surface area contributed by atoms with E-state index in [0.717, 1.165) is 11.3 Å². The number of hydrogen-bond acceptors (Lipinski definition) is 7. The number of pyridine rings is 1. The second-order valence-electron chi connectivity index (χ2n) is 7.56. The average molecular weight is 388 g/mol. The number of aromatic nitrogens is 1. The zero-order valence-electron chi connectivity index (χ0n) is 16.7. The van der Waals surface area contributed by atoms with Crippen molar-refractivity contribution in [1.82, 2.24) is 10.3 Å². The van der Waals surface area contributed by atoms with E-state index in [1.54, 1.807) is 13.0 Å². The lowest BCUT2D eigenvalue weighted by molar-refractivity contribution is -0.385. The normalized spacial score (nSPS) is 13.6. The van der Waals surface area contributed by atoms with Crippen molar-refractivity contribution >= 4 is 11.5 Å². The van der Waals surface area contributed by atoms with Gasteiger partial charge in [-0.2, -0.15) is 0 Å². The summed E-state index contributed by atoms with van der Waals surface area (Å²) >= 11 is 0. The number of aliphatic hydroxyl groups excluding tert-OH is 1. The lowest BCUT2D eigenvalue weighted by Crippen LogP contribution is -2.45. The minimum atomic E-state index is -0.717. The number of aliphatic hydroxyl groups is 1. The predicted molar refractivity (Wildman–Crippen MR) is 109 cm³/mol. The zero-order chi connectivity index (χ0) is 20.7. The highest BCUT2D eigenvalue weighted by molar-refractivity contribution is 5.40. The van der Waals surface area contributed by atoms with Crippen molar-refractivity contribution in [3.8, 4) is 5.75 Å². The molecule has 3 N–H and O–H groups in total. The molecule has 0 aliphatic heterocycles. The van der Waals surface area contributed by atoms with Crippen LogP contribution in [0.2, 0.25) is 0 Å². The fraction of sp³-hybridized carbons (Fsp3) is 0.450. The summed E-state index contributed by atoms with van der Waals surface area (Å²) in [7, 11) is 0. The maximum absolute atomic E-state index is 10.6. The third kappa shape index (κ3) is 6.17. The minimum Gasteiger partial charge on any atom is -0.472 e. The molecule has 152 valence electrons. The van der Waals surface area contributed by atoms with Crippen LogP contribution in [0.4, 0.5) is 11.5 Å². The molecule has 0 amide bonds. The molecule has 8 nitrogen and oxygen atoms in total. The molecule has 8 heteroatoms. The number of hydrogen-bond donors (Lipinski definition) is 3. The van der Waals surface area contributed by atoms with Crippen LogP contribution >= 0.6 is 0 Å². The maximum Gasteiger partial charge on any atom is 0.287 e. The van der Waals surface area contributed by atoms with Crippen molar-refractivity contribution in [1.29, 1.82) is 0 Å². The molecule has 0 aliphatic rings. The summed E-state index contributed by atoms with van der Waals surface area (Å²) in [5, 5.41) is 27.0. The highest BCUT2D eigenvalue weighted by Crippen LogP contribution is 2.31. The van der Waals surface area contributed by atoms with Crippen molar-refractivity contribution in [2.45, 2.75) is 45.4 Å². The van der Waals surface area contributed by atoms with Crippen LogP contribution in [0.25, 0.3) is 0 Å². The van der Waals surface area contributed by atoms with Crippen LogP contribution in [-0.4, -0.2) is 40.4 Å². The molecule has 28 heavy (non-hydrogen) atoms. The van der Waals surface area contributed by atoms with Crippen LogP contribution in [0.3, 0.4) is 0 Å². The first kappa shape index (κ1) is 21.6. The number of rotatable bonds is 9. The molecule has 2 unspecified atom stereocenters.